The fraction of sp³-hybridized carbons (Fsp3) is 0.917. The van der Waals surface area contributed by atoms with Gasteiger partial charge < -0.3 is 15.7 Å². The molecule has 0 aromatic rings. The Hall–Kier alpha value is -0.610. The fourth-order valence-electron chi connectivity index (χ4n) is 1.66. The van der Waals surface area contributed by atoms with Gasteiger partial charge in [0.25, 0.3) is 0 Å². The summed E-state index contributed by atoms with van der Waals surface area (Å²) in [5.74, 6) is 0.537. The molecular formula is C12H26N2O2. The molecule has 0 saturated carbocycles. The Bertz CT molecular complexity index is 168. The van der Waals surface area contributed by atoms with Crippen molar-refractivity contribution >= 4 is 5.91 Å². The molecule has 0 aliphatic rings. The largest absolute Gasteiger partial charge is 0.396 e. The van der Waals surface area contributed by atoms with Gasteiger partial charge in [-0.1, -0.05) is 20.3 Å². The van der Waals surface area contributed by atoms with E-state index in [1.807, 2.05) is 6.92 Å². The van der Waals surface area contributed by atoms with E-state index in [-0.39, 0.29) is 12.5 Å². The van der Waals surface area contributed by atoms with Gasteiger partial charge in [-0.05, 0) is 31.7 Å². The second-order valence-corrected chi connectivity index (χ2v) is 4.15. The Morgan fingerprint density at radius 1 is 1.25 bits per heavy atom. The lowest BCUT2D eigenvalue weighted by molar-refractivity contribution is -0.120. The Kier molecular flexibility index (Phi) is 10.5. The molecule has 0 rings (SSSR count). The van der Waals surface area contributed by atoms with E-state index in [2.05, 4.69) is 17.6 Å². The van der Waals surface area contributed by atoms with E-state index in [9.17, 15) is 4.79 Å². The quantitative estimate of drug-likeness (QED) is 0.522. The topological polar surface area (TPSA) is 61.4 Å². The van der Waals surface area contributed by atoms with E-state index in [1.165, 1.54) is 0 Å². The maximum atomic E-state index is 11.3. The highest BCUT2D eigenvalue weighted by Crippen LogP contribution is 2.08. The summed E-state index contributed by atoms with van der Waals surface area (Å²) in [5.41, 5.74) is 0. The minimum atomic E-state index is 0.0566. The number of hydrogen-bond donors (Lipinski definition) is 3. The van der Waals surface area contributed by atoms with Crippen molar-refractivity contribution in [1.82, 2.24) is 10.6 Å². The summed E-state index contributed by atoms with van der Waals surface area (Å²) in [7, 11) is 0. The molecule has 0 aromatic carbocycles. The average molecular weight is 230 g/mol. The summed E-state index contributed by atoms with van der Waals surface area (Å²) in [6.45, 7) is 6.34. The predicted octanol–water partition coefficient (Wildman–Crippen LogP) is 0.901. The van der Waals surface area contributed by atoms with Crippen LogP contribution in [0.15, 0.2) is 0 Å². The Morgan fingerprint density at radius 2 is 2.00 bits per heavy atom. The zero-order valence-corrected chi connectivity index (χ0v) is 10.6. The zero-order valence-electron chi connectivity index (χ0n) is 10.6. The third-order valence-electron chi connectivity index (χ3n) is 2.53. The van der Waals surface area contributed by atoms with Crippen LogP contribution in [0.3, 0.4) is 0 Å². The van der Waals surface area contributed by atoms with Crippen LogP contribution in [-0.2, 0) is 4.79 Å². The molecule has 3 N–H and O–H groups in total. The molecule has 0 fully saturated rings. The number of carbonyl (C=O) groups is 1. The lowest BCUT2D eigenvalue weighted by Gasteiger charge is -2.15. The molecule has 0 aromatic heterocycles. The van der Waals surface area contributed by atoms with E-state index in [0.717, 1.165) is 38.8 Å². The molecule has 16 heavy (non-hydrogen) atoms. The Balaban J connectivity index is 3.55. The highest BCUT2D eigenvalue weighted by Gasteiger charge is 2.07. The first-order chi connectivity index (χ1) is 7.74. The zero-order chi connectivity index (χ0) is 12.2. The molecule has 1 amide bonds. The van der Waals surface area contributed by atoms with E-state index in [1.54, 1.807) is 0 Å². The molecular weight excluding hydrogens is 204 g/mol. The normalized spacial score (nSPS) is 12.4. The fourth-order valence-corrected chi connectivity index (χ4v) is 1.66. The van der Waals surface area contributed by atoms with Crippen molar-refractivity contribution in [3.05, 3.63) is 0 Å². The summed E-state index contributed by atoms with van der Waals surface area (Å²) in [4.78, 5) is 11.3. The van der Waals surface area contributed by atoms with Crippen LogP contribution in [0.5, 0.6) is 0 Å². The molecule has 4 heteroatoms. The minimum Gasteiger partial charge on any atom is -0.396 e. The first kappa shape index (κ1) is 15.4. The highest BCUT2D eigenvalue weighted by molar-refractivity contribution is 5.77. The molecule has 1 unspecified atom stereocenters. The third kappa shape index (κ3) is 8.68. The van der Waals surface area contributed by atoms with Crippen LogP contribution in [0.25, 0.3) is 0 Å². The Labute approximate surface area is 98.8 Å². The average Bonchev–Trinajstić information content (AvgIpc) is 2.27. The lowest BCUT2D eigenvalue weighted by atomic mass is 10.0. The number of nitrogens with one attached hydrogen (secondary N) is 2. The number of aliphatic hydroxyl groups excluding tert-OH is 1. The molecule has 0 saturated heterocycles. The standard InChI is InChI=1S/C12H26N2O2/c1-3-5-11(6-8-15)9-13-10-12(16)14-7-4-2/h11,13,15H,3-10H2,1-2H3,(H,14,16). The van der Waals surface area contributed by atoms with E-state index in [4.69, 9.17) is 5.11 Å². The molecule has 0 radical (unpaired) electrons. The molecule has 1 atom stereocenters. The minimum absolute atomic E-state index is 0.0566. The van der Waals surface area contributed by atoms with Gasteiger partial charge in [0.2, 0.25) is 5.91 Å². The summed E-state index contributed by atoms with van der Waals surface area (Å²) >= 11 is 0. The van der Waals surface area contributed by atoms with Crippen molar-refractivity contribution in [2.75, 3.05) is 26.2 Å². The summed E-state index contributed by atoms with van der Waals surface area (Å²) in [6.07, 6.45) is 4.00. The Morgan fingerprint density at radius 3 is 2.56 bits per heavy atom. The van der Waals surface area contributed by atoms with Crippen LogP contribution in [0.4, 0.5) is 0 Å². The van der Waals surface area contributed by atoms with Gasteiger partial charge in [0.1, 0.15) is 0 Å². The molecule has 0 bridgehead atoms. The van der Waals surface area contributed by atoms with Crippen molar-refractivity contribution in [3.8, 4) is 0 Å². The van der Waals surface area contributed by atoms with Crippen LogP contribution in [0.1, 0.15) is 39.5 Å². The smallest absolute Gasteiger partial charge is 0.233 e. The van der Waals surface area contributed by atoms with Gasteiger partial charge in [-0.15, -0.1) is 0 Å². The first-order valence-corrected chi connectivity index (χ1v) is 6.32. The van der Waals surface area contributed by atoms with Crippen LogP contribution < -0.4 is 10.6 Å². The SMILES string of the molecule is CCCNC(=O)CNCC(CCC)CCO. The van der Waals surface area contributed by atoms with Crippen molar-refractivity contribution < 1.29 is 9.90 Å². The summed E-state index contributed by atoms with van der Waals surface area (Å²) in [6, 6.07) is 0. The maximum absolute atomic E-state index is 11.3. The predicted molar refractivity (Wildman–Crippen MR) is 66.3 cm³/mol. The first-order valence-electron chi connectivity index (χ1n) is 6.32. The highest BCUT2D eigenvalue weighted by atomic mass is 16.3. The van der Waals surface area contributed by atoms with E-state index in [0.29, 0.717) is 12.5 Å². The van der Waals surface area contributed by atoms with Gasteiger partial charge in [0, 0.05) is 13.2 Å². The van der Waals surface area contributed by atoms with Gasteiger partial charge in [0.05, 0.1) is 6.54 Å². The second kappa shape index (κ2) is 10.9. The van der Waals surface area contributed by atoms with Crippen LogP contribution >= 0.6 is 0 Å². The number of rotatable bonds is 10. The molecule has 0 aliphatic carbocycles. The number of aliphatic hydroxyl groups is 1. The lowest BCUT2D eigenvalue weighted by Crippen LogP contribution is -2.36. The monoisotopic (exact) mass is 230 g/mol. The van der Waals surface area contributed by atoms with Crippen molar-refractivity contribution in [1.29, 1.82) is 0 Å². The third-order valence-corrected chi connectivity index (χ3v) is 2.53. The molecule has 4 nitrogen and oxygen atoms in total. The summed E-state index contributed by atoms with van der Waals surface area (Å²) in [5, 5.41) is 14.8. The van der Waals surface area contributed by atoms with E-state index < -0.39 is 0 Å². The number of hydrogen-bond acceptors (Lipinski definition) is 3. The molecule has 96 valence electrons. The van der Waals surface area contributed by atoms with Crippen molar-refractivity contribution in [2.24, 2.45) is 5.92 Å². The van der Waals surface area contributed by atoms with Crippen LogP contribution in [-0.4, -0.2) is 37.3 Å². The second-order valence-electron chi connectivity index (χ2n) is 4.15. The van der Waals surface area contributed by atoms with Crippen molar-refractivity contribution in [3.63, 3.8) is 0 Å². The van der Waals surface area contributed by atoms with Gasteiger partial charge >= 0.3 is 0 Å². The number of amides is 1. The van der Waals surface area contributed by atoms with Crippen LogP contribution in [0, 0.1) is 5.92 Å². The van der Waals surface area contributed by atoms with Gasteiger partial charge in [0.15, 0.2) is 0 Å². The molecule has 0 aliphatic heterocycles. The molecule has 0 spiro atoms. The van der Waals surface area contributed by atoms with Gasteiger partial charge in [-0.2, -0.15) is 0 Å². The molecule has 0 heterocycles. The van der Waals surface area contributed by atoms with E-state index >= 15 is 0 Å². The summed E-state index contributed by atoms with van der Waals surface area (Å²) < 4.78 is 0. The maximum Gasteiger partial charge on any atom is 0.233 e. The van der Waals surface area contributed by atoms with Gasteiger partial charge in [-0.25, -0.2) is 0 Å². The van der Waals surface area contributed by atoms with Crippen molar-refractivity contribution in [2.45, 2.75) is 39.5 Å². The van der Waals surface area contributed by atoms with Gasteiger partial charge in [-0.3, -0.25) is 4.79 Å². The number of carbonyl (C=O) groups excluding carboxylic acids is 1. The van der Waals surface area contributed by atoms with Crippen LogP contribution in [0.2, 0.25) is 0 Å².